The topological polar surface area (TPSA) is 58.9 Å². The van der Waals surface area contributed by atoms with Crippen molar-refractivity contribution in [3.8, 4) is 5.75 Å². The van der Waals surface area contributed by atoms with Gasteiger partial charge < -0.3 is 19.5 Å². The molecule has 2 N–H and O–H groups in total. The Morgan fingerprint density at radius 1 is 1.39 bits per heavy atom. The van der Waals surface area contributed by atoms with Gasteiger partial charge in [0.25, 0.3) is 0 Å². The molecule has 1 aromatic carbocycles. The third-order valence-corrected chi connectivity index (χ3v) is 3.96. The third kappa shape index (κ3) is 4.96. The van der Waals surface area contributed by atoms with Gasteiger partial charge in [-0.05, 0) is 42.4 Å². The Balaban J connectivity index is 1.98. The van der Waals surface area contributed by atoms with Gasteiger partial charge in [0, 0.05) is 0 Å². The molecule has 4 nitrogen and oxygen atoms in total. The number of unbranched alkanes of at least 4 members (excludes halogenated alkanes) is 1. The molecule has 1 heterocycles. The van der Waals surface area contributed by atoms with E-state index in [0.29, 0.717) is 12.2 Å². The molecule has 0 spiro atoms. The smallest absolute Gasteiger partial charge is 0.491 e. The van der Waals surface area contributed by atoms with Gasteiger partial charge in [-0.15, -0.1) is 0 Å². The van der Waals surface area contributed by atoms with E-state index in [9.17, 15) is 5.02 Å². The maximum atomic E-state index is 10.2. The zero-order valence-electron chi connectivity index (χ0n) is 13.7. The van der Waals surface area contributed by atoms with Gasteiger partial charge in [-0.2, -0.15) is 0 Å². The van der Waals surface area contributed by atoms with E-state index in [1.165, 1.54) is 0 Å². The number of hydrogen-bond acceptors (Lipinski definition) is 4. The molecule has 1 aromatic rings. The minimum Gasteiger partial charge on any atom is -0.491 e. The number of ether oxygens (including phenoxy) is 1. The Labute approximate surface area is 138 Å². The van der Waals surface area contributed by atoms with Crippen LogP contribution in [0.4, 0.5) is 0 Å². The largest absolute Gasteiger partial charge is 0.491 e. The molecule has 5 heteroatoms. The second kappa shape index (κ2) is 8.92. The molecule has 0 aromatic heterocycles. The fraction of sp³-hybridized carbons (Fsp3) is 0.444. The van der Waals surface area contributed by atoms with Gasteiger partial charge in [-0.25, -0.2) is 0 Å². The van der Waals surface area contributed by atoms with Crippen molar-refractivity contribution in [3.05, 3.63) is 53.5 Å². The van der Waals surface area contributed by atoms with E-state index in [2.05, 4.69) is 13.5 Å². The van der Waals surface area contributed by atoms with Gasteiger partial charge in [-0.3, -0.25) is 0 Å². The molecule has 124 valence electrons. The van der Waals surface area contributed by atoms with Crippen molar-refractivity contribution < 1.29 is 19.5 Å². The lowest BCUT2D eigenvalue weighted by atomic mass is 9.70. The summed E-state index contributed by atoms with van der Waals surface area (Å²) in [5.74, 6) is 0.711. The van der Waals surface area contributed by atoms with Crippen molar-refractivity contribution in [2.24, 2.45) is 0 Å². The van der Waals surface area contributed by atoms with Crippen LogP contribution < -0.4 is 4.74 Å². The number of benzene rings is 1. The summed E-state index contributed by atoms with van der Waals surface area (Å²) in [4.78, 5) is 0. The molecule has 1 aliphatic heterocycles. The Morgan fingerprint density at radius 3 is 2.74 bits per heavy atom. The molecular weight excluding hydrogens is 291 g/mol. The number of hydrogen-bond donors (Lipinski definition) is 2. The molecule has 0 radical (unpaired) electrons. The molecule has 1 aliphatic rings. The molecule has 0 aliphatic carbocycles. The highest BCUT2D eigenvalue weighted by Crippen LogP contribution is 2.32. The predicted octanol–water partition coefficient (Wildman–Crippen LogP) is 3.21. The molecule has 23 heavy (non-hydrogen) atoms. The van der Waals surface area contributed by atoms with E-state index in [1.807, 2.05) is 30.3 Å². The Morgan fingerprint density at radius 2 is 2.13 bits per heavy atom. The van der Waals surface area contributed by atoms with Gasteiger partial charge >= 0.3 is 7.12 Å². The zero-order valence-corrected chi connectivity index (χ0v) is 13.7. The molecule has 2 rings (SSSR count). The summed E-state index contributed by atoms with van der Waals surface area (Å²) >= 11 is 0. The maximum absolute atomic E-state index is 10.2. The monoisotopic (exact) mass is 316 g/mol. The van der Waals surface area contributed by atoms with E-state index >= 15 is 0 Å². The Bertz CT molecular complexity index is 538. The number of aliphatic hydroxyl groups excluding tert-OH is 1. The van der Waals surface area contributed by atoms with Crippen LogP contribution in [0.25, 0.3) is 0 Å². The van der Waals surface area contributed by atoms with Gasteiger partial charge in [0.1, 0.15) is 12.4 Å². The van der Waals surface area contributed by atoms with Crippen LogP contribution in [0.3, 0.4) is 0 Å². The van der Waals surface area contributed by atoms with Crippen LogP contribution in [-0.4, -0.2) is 30.5 Å². The average Bonchev–Trinajstić information content (AvgIpc) is 2.58. The highest BCUT2D eigenvalue weighted by molar-refractivity contribution is 6.54. The average molecular weight is 316 g/mol. The minimum absolute atomic E-state index is 0.00479. The van der Waals surface area contributed by atoms with Gasteiger partial charge in [0.05, 0.1) is 12.7 Å². The van der Waals surface area contributed by atoms with Crippen LogP contribution in [0.2, 0.25) is 0 Å². The van der Waals surface area contributed by atoms with Crippen LogP contribution in [0.1, 0.15) is 44.3 Å². The summed E-state index contributed by atoms with van der Waals surface area (Å²) in [6.07, 6.45) is 5.66. The second-order valence-corrected chi connectivity index (χ2v) is 5.72. The molecule has 0 saturated carbocycles. The lowest BCUT2D eigenvalue weighted by Crippen LogP contribution is -2.28. The first-order valence-corrected chi connectivity index (χ1v) is 8.21. The Hall–Kier alpha value is -1.56. The molecule has 0 saturated heterocycles. The predicted molar refractivity (Wildman–Crippen MR) is 92.2 cm³/mol. The van der Waals surface area contributed by atoms with Crippen LogP contribution in [-0.2, 0) is 4.65 Å². The van der Waals surface area contributed by atoms with Crippen molar-refractivity contribution in [3.63, 3.8) is 0 Å². The van der Waals surface area contributed by atoms with Crippen LogP contribution in [0.15, 0.2) is 48.0 Å². The highest BCUT2D eigenvalue weighted by Gasteiger charge is 2.30. The second-order valence-electron chi connectivity index (χ2n) is 5.72. The van der Waals surface area contributed by atoms with Crippen molar-refractivity contribution in [1.29, 1.82) is 0 Å². The molecule has 0 fully saturated rings. The summed E-state index contributed by atoms with van der Waals surface area (Å²) in [7, 11) is -0.913. The molecule has 0 amide bonds. The van der Waals surface area contributed by atoms with Crippen LogP contribution in [0.5, 0.6) is 5.75 Å². The third-order valence-electron chi connectivity index (χ3n) is 3.96. The van der Waals surface area contributed by atoms with Crippen molar-refractivity contribution in [2.45, 2.75) is 38.7 Å². The van der Waals surface area contributed by atoms with Crippen molar-refractivity contribution in [2.75, 3.05) is 13.2 Å². The standard InChI is InChI=1S/C18H25BO4/c1-3-4-5-14(2)17-10-11-18(23-19(17)21)15-6-8-16(9-7-15)22-13-12-20/h6-10,18,20-21H,2-5,11-13H2,1H3/t18-/m1/s1. The minimum atomic E-state index is -0.913. The molecule has 0 unspecified atom stereocenters. The van der Waals surface area contributed by atoms with Crippen LogP contribution >= 0.6 is 0 Å². The summed E-state index contributed by atoms with van der Waals surface area (Å²) < 4.78 is 11.1. The normalized spacial score (nSPS) is 17.8. The lowest BCUT2D eigenvalue weighted by molar-refractivity contribution is 0.168. The first-order valence-electron chi connectivity index (χ1n) is 8.21. The van der Waals surface area contributed by atoms with Gasteiger partial charge in [0.15, 0.2) is 0 Å². The maximum Gasteiger partial charge on any atom is 0.491 e. The van der Waals surface area contributed by atoms with Crippen molar-refractivity contribution >= 4 is 7.12 Å². The number of rotatable bonds is 8. The van der Waals surface area contributed by atoms with E-state index < -0.39 is 7.12 Å². The zero-order chi connectivity index (χ0) is 16.7. The van der Waals surface area contributed by atoms with Gasteiger partial charge in [-0.1, -0.05) is 43.7 Å². The van der Waals surface area contributed by atoms with Crippen molar-refractivity contribution in [1.82, 2.24) is 0 Å². The quantitative estimate of drug-likeness (QED) is 0.723. The SMILES string of the molecule is C=C(CCCC)C1=CC[C@H](c2ccc(OCCO)cc2)OB1O. The molecule has 0 bridgehead atoms. The Kier molecular flexibility index (Phi) is 6.90. The highest BCUT2D eigenvalue weighted by atomic mass is 16.5. The first-order chi connectivity index (χ1) is 11.2. The van der Waals surface area contributed by atoms with E-state index in [4.69, 9.17) is 14.5 Å². The summed E-state index contributed by atoms with van der Waals surface area (Å²) in [5.41, 5.74) is 2.78. The fourth-order valence-electron chi connectivity index (χ4n) is 2.63. The van der Waals surface area contributed by atoms with E-state index in [-0.39, 0.29) is 19.3 Å². The molecule has 1 atom stereocenters. The lowest BCUT2D eigenvalue weighted by Gasteiger charge is -2.26. The molecular formula is C18H25BO4. The number of aliphatic hydroxyl groups is 1. The fourth-order valence-corrected chi connectivity index (χ4v) is 2.63. The van der Waals surface area contributed by atoms with Gasteiger partial charge in [0.2, 0.25) is 0 Å². The van der Waals surface area contributed by atoms with Crippen LogP contribution in [0, 0.1) is 0 Å². The first kappa shape index (κ1) is 17.8. The van der Waals surface area contributed by atoms with E-state index in [0.717, 1.165) is 35.9 Å². The summed E-state index contributed by atoms with van der Waals surface area (Å²) in [5, 5.41) is 19.0. The summed E-state index contributed by atoms with van der Waals surface area (Å²) in [6, 6.07) is 7.55. The number of allylic oxidation sites excluding steroid dienone is 2. The van der Waals surface area contributed by atoms with E-state index in [1.54, 1.807) is 0 Å². The summed E-state index contributed by atoms with van der Waals surface area (Å²) in [6.45, 7) is 6.47.